The third kappa shape index (κ3) is 8.48. The zero-order valence-corrected chi connectivity index (χ0v) is 26.8. The minimum Gasteiger partial charge on any atom is -0.322 e. The molecule has 2 aliphatic carbocycles. The van der Waals surface area contributed by atoms with E-state index in [-0.39, 0.29) is 25.8 Å². The van der Waals surface area contributed by atoms with Crippen LogP contribution in [0, 0.1) is 12.2 Å². The van der Waals surface area contributed by atoms with Crippen molar-refractivity contribution in [2.75, 3.05) is 26.2 Å². The molecule has 2 nitrogen and oxygen atoms in total. The quantitative estimate of drug-likeness (QED) is 0.245. The molecule has 2 saturated heterocycles. The Morgan fingerprint density at radius 2 is 1.00 bits per heavy atom. The first-order chi connectivity index (χ1) is 14.3. The number of nitrogens with zero attached hydrogens (tertiary/aromatic N) is 2. The average Bonchev–Trinajstić information content (AvgIpc) is 3.57. The van der Waals surface area contributed by atoms with Crippen LogP contribution in [0.2, 0.25) is 26.2 Å². The molecule has 2 fully saturated rings. The monoisotopic (exact) mass is 622 g/mol. The number of allylic oxidation sites excluding steroid dienone is 8. The van der Waals surface area contributed by atoms with Crippen molar-refractivity contribution in [2.45, 2.75) is 91.4 Å². The summed E-state index contributed by atoms with van der Waals surface area (Å²) in [6, 6.07) is 0. The van der Waals surface area contributed by atoms with Crippen LogP contribution in [0.25, 0.3) is 0 Å². The van der Waals surface area contributed by atoms with E-state index in [1.165, 1.54) is 75.1 Å². The van der Waals surface area contributed by atoms with Crippen molar-refractivity contribution in [3.8, 4) is 0 Å². The van der Waals surface area contributed by atoms with Gasteiger partial charge in [0.2, 0.25) is 0 Å². The van der Waals surface area contributed by atoms with Crippen LogP contribution < -0.4 is 0 Å². The van der Waals surface area contributed by atoms with Crippen LogP contribution >= 0.6 is 0 Å². The van der Waals surface area contributed by atoms with Crippen molar-refractivity contribution in [2.24, 2.45) is 0 Å². The largest absolute Gasteiger partial charge is 0.322 e. The van der Waals surface area contributed by atoms with Crippen LogP contribution in [-0.2, 0) is 25.8 Å². The molecule has 0 radical (unpaired) electrons. The third-order valence-electron chi connectivity index (χ3n) is 7.00. The van der Waals surface area contributed by atoms with Gasteiger partial charge in [-0.2, -0.15) is 12.2 Å². The molecule has 0 spiro atoms. The number of hydrogen-bond donors (Lipinski definition) is 0. The predicted molar refractivity (Wildman–Crippen MR) is 138 cm³/mol. The van der Waals surface area contributed by atoms with Crippen LogP contribution in [0.15, 0.2) is 34.7 Å². The molecule has 5 heteroatoms. The summed E-state index contributed by atoms with van der Waals surface area (Å²) >= 11 is 0. The molecule has 0 amide bonds. The van der Waals surface area contributed by atoms with Crippen molar-refractivity contribution in [3.63, 3.8) is 0 Å². The molecule has 174 valence electrons. The van der Waals surface area contributed by atoms with E-state index in [2.05, 4.69) is 85.6 Å². The molecule has 0 aromatic heterocycles. The summed E-state index contributed by atoms with van der Waals surface area (Å²) in [5.74, 6) is 0. The van der Waals surface area contributed by atoms with E-state index >= 15 is 0 Å². The van der Waals surface area contributed by atoms with Gasteiger partial charge in [-0.25, -0.2) is 22.5 Å². The Morgan fingerprint density at radius 1 is 0.677 bits per heavy atom. The molecule has 0 bridgehead atoms. The van der Waals surface area contributed by atoms with E-state index in [9.17, 15) is 0 Å². The summed E-state index contributed by atoms with van der Waals surface area (Å²) < 4.78 is 5.43. The second-order valence-corrected chi connectivity index (χ2v) is 18.5. The van der Waals surface area contributed by atoms with Gasteiger partial charge in [0.1, 0.15) is 16.5 Å². The molecular weight excluding hydrogens is 575 g/mol. The minimum absolute atomic E-state index is 0. The van der Waals surface area contributed by atoms with Crippen LogP contribution in [-0.4, -0.2) is 51.8 Å². The molecule has 0 aromatic carbocycles. The molecule has 4 rings (SSSR count). The SMILES string of the molecule is CCCC.C[Si](C)(C1=[C-]CC=C1)N1CCCC1.C[Si](C)(C1=[C-]CC=C1)N1CCCC1.[Hf]. The number of rotatable bonds is 5. The normalized spacial score (nSPS) is 21.1. The molecule has 0 aromatic rings. The molecule has 31 heavy (non-hydrogen) atoms. The molecule has 2 heterocycles. The van der Waals surface area contributed by atoms with E-state index in [1.807, 2.05) is 0 Å². The summed E-state index contributed by atoms with van der Waals surface area (Å²) in [6.45, 7) is 19.5. The van der Waals surface area contributed by atoms with Crippen LogP contribution in [0.5, 0.6) is 0 Å². The van der Waals surface area contributed by atoms with Gasteiger partial charge in [0, 0.05) is 25.8 Å². The summed E-state index contributed by atoms with van der Waals surface area (Å²) in [4.78, 5) is 0. The molecule has 0 unspecified atom stereocenters. The topological polar surface area (TPSA) is 6.48 Å². The van der Waals surface area contributed by atoms with Gasteiger partial charge >= 0.3 is 0 Å². The fourth-order valence-corrected chi connectivity index (χ4v) is 10.2. The van der Waals surface area contributed by atoms with Crippen LogP contribution in [0.4, 0.5) is 0 Å². The van der Waals surface area contributed by atoms with E-state index in [0.29, 0.717) is 0 Å². The average molecular weight is 621 g/mol. The van der Waals surface area contributed by atoms with Crippen LogP contribution in [0.1, 0.15) is 65.2 Å². The van der Waals surface area contributed by atoms with E-state index in [0.717, 1.165) is 12.8 Å². The van der Waals surface area contributed by atoms with E-state index in [4.69, 9.17) is 0 Å². The maximum atomic E-state index is 3.50. The fourth-order valence-electron chi connectivity index (χ4n) is 4.54. The maximum absolute atomic E-state index is 3.50. The second kappa shape index (κ2) is 14.4. The van der Waals surface area contributed by atoms with Gasteiger partial charge in [-0.15, -0.1) is 12.8 Å². The molecule has 0 saturated carbocycles. The molecule has 0 N–H and O–H groups in total. The minimum atomic E-state index is -1.29. The van der Waals surface area contributed by atoms with E-state index in [1.54, 1.807) is 0 Å². The summed E-state index contributed by atoms with van der Waals surface area (Å²) in [7, 11) is -2.57. The first-order valence-electron chi connectivity index (χ1n) is 12.4. The van der Waals surface area contributed by atoms with Crippen molar-refractivity contribution < 1.29 is 25.8 Å². The Hall–Kier alpha value is 0.184. The number of hydrogen-bond acceptors (Lipinski definition) is 2. The molecule has 4 aliphatic rings. The summed E-state index contributed by atoms with van der Waals surface area (Å²) in [5, 5.41) is 3.05. The van der Waals surface area contributed by atoms with Crippen LogP contribution in [0.3, 0.4) is 0 Å². The Morgan fingerprint density at radius 3 is 1.23 bits per heavy atom. The smallest absolute Gasteiger partial charge is 0.117 e. The zero-order valence-electron chi connectivity index (χ0n) is 21.2. The fraction of sp³-hybridized carbons (Fsp3) is 0.692. The standard InChI is InChI=1S/2C11H18NSi.C4H10.Hf/c2*1-13(2,11-7-3-4-8-11)12-9-5-6-10-12;1-3-4-2;/h2*3,7H,4-6,9-10H2,1-2H3;3-4H2,1-2H3;/q2*-1;;. The first-order valence-corrected chi connectivity index (χ1v) is 18.3. The first kappa shape index (κ1) is 29.2. The third-order valence-corrected chi connectivity index (χ3v) is 14.4. The van der Waals surface area contributed by atoms with Crippen molar-refractivity contribution in [1.29, 1.82) is 0 Å². The Bertz CT molecular complexity index is 582. The molecular formula is C26H46HfN2Si2-2. The second-order valence-electron chi connectivity index (χ2n) is 9.90. The van der Waals surface area contributed by atoms with Gasteiger partial charge in [-0.1, -0.05) is 52.9 Å². The van der Waals surface area contributed by atoms with Gasteiger partial charge in [-0.05, 0) is 51.9 Å². The van der Waals surface area contributed by atoms with Gasteiger partial charge in [-0.3, -0.25) is 12.2 Å². The van der Waals surface area contributed by atoms with Crippen molar-refractivity contribution in [3.05, 3.63) is 46.8 Å². The zero-order chi connectivity index (χ0) is 22.0. The molecule has 0 atom stereocenters. The molecule has 2 aliphatic heterocycles. The summed E-state index contributed by atoms with van der Waals surface area (Å²) in [5.41, 5.74) is 0. The van der Waals surface area contributed by atoms with Gasteiger partial charge in [0.15, 0.2) is 0 Å². The maximum Gasteiger partial charge on any atom is 0.117 e. The Kier molecular flexibility index (Phi) is 13.6. The van der Waals surface area contributed by atoms with Gasteiger partial charge < -0.3 is 9.13 Å². The Labute approximate surface area is 214 Å². The predicted octanol–water partition coefficient (Wildman–Crippen LogP) is 6.84. The summed E-state index contributed by atoms with van der Waals surface area (Å²) in [6.07, 6.45) is 26.4. The van der Waals surface area contributed by atoms with E-state index < -0.39 is 16.5 Å². The van der Waals surface area contributed by atoms with Gasteiger partial charge in [0.25, 0.3) is 0 Å². The van der Waals surface area contributed by atoms with Crippen molar-refractivity contribution >= 4 is 16.5 Å². The van der Waals surface area contributed by atoms with Crippen molar-refractivity contribution in [1.82, 2.24) is 9.13 Å². The number of unbranched alkanes of at least 4 members (excludes halogenated alkanes) is 1. The Balaban J connectivity index is 0.000000258. The van der Waals surface area contributed by atoms with Gasteiger partial charge in [0.05, 0.1) is 0 Å².